The van der Waals surface area contributed by atoms with E-state index in [1.165, 1.54) is 19.2 Å². The molecule has 1 aromatic rings. The molecule has 0 fully saturated rings. The van der Waals surface area contributed by atoms with Crippen LogP contribution in [0, 0.1) is 0 Å². The van der Waals surface area contributed by atoms with Crippen LogP contribution in [0.3, 0.4) is 0 Å². The highest BCUT2D eigenvalue weighted by atomic mass is 28.4. The van der Waals surface area contributed by atoms with Crippen molar-refractivity contribution in [2.45, 2.75) is 56.9 Å². The van der Waals surface area contributed by atoms with E-state index in [-0.39, 0.29) is 18.1 Å². The molecular weight excluding hydrogens is 364 g/mol. The number of hydrogen-bond donors (Lipinski definition) is 1. The molecule has 1 aromatic carbocycles. The summed E-state index contributed by atoms with van der Waals surface area (Å²) >= 11 is 0. The topological polar surface area (TPSA) is 21.3 Å². The number of halogens is 6. The van der Waals surface area contributed by atoms with Crippen molar-refractivity contribution in [1.29, 1.82) is 0 Å². The van der Waals surface area contributed by atoms with Gasteiger partial charge in [-0.15, -0.1) is 0 Å². The number of hydrogen-bond acceptors (Lipinski definition) is 2. The molecule has 0 saturated heterocycles. The zero-order valence-electron chi connectivity index (χ0n) is 14.6. The zero-order valence-corrected chi connectivity index (χ0v) is 15.6. The normalized spacial score (nSPS) is 13.8. The molecule has 0 unspecified atom stereocenters. The molecule has 0 aliphatic heterocycles. The van der Waals surface area contributed by atoms with E-state index in [2.05, 4.69) is 5.32 Å². The van der Waals surface area contributed by atoms with Crippen molar-refractivity contribution in [2.75, 3.05) is 12.4 Å². The summed E-state index contributed by atoms with van der Waals surface area (Å²) < 4.78 is 88.2. The van der Waals surface area contributed by atoms with Crippen LogP contribution in [0.5, 0.6) is 0 Å². The molecule has 1 rings (SSSR count). The largest absolute Gasteiger partial charge is 0.429 e. The minimum absolute atomic E-state index is 0.169. The molecular formula is C16H23F6NOSi. The highest BCUT2D eigenvalue weighted by Gasteiger charge is 2.74. The Hall–Kier alpha value is -1.22. The van der Waals surface area contributed by atoms with E-state index in [0.29, 0.717) is 5.69 Å². The van der Waals surface area contributed by atoms with E-state index < -0.39 is 31.8 Å². The summed E-state index contributed by atoms with van der Waals surface area (Å²) in [5.74, 6) is 0. The van der Waals surface area contributed by atoms with Crippen LogP contribution >= 0.6 is 0 Å². The van der Waals surface area contributed by atoms with E-state index in [9.17, 15) is 26.3 Å². The molecule has 0 aliphatic carbocycles. The lowest BCUT2D eigenvalue weighted by Crippen LogP contribution is -2.61. The second kappa shape index (κ2) is 7.57. The van der Waals surface area contributed by atoms with Gasteiger partial charge in [0, 0.05) is 18.3 Å². The SMILES string of the molecule is CC[Si](CC)(CC)OC(c1ccc(NC)cc1)(C(F)(F)F)C(F)(F)F. The van der Waals surface area contributed by atoms with Crippen LogP contribution in [0.1, 0.15) is 26.3 Å². The van der Waals surface area contributed by atoms with Gasteiger partial charge in [-0.05, 0) is 30.3 Å². The second-order valence-electron chi connectivity index (χ2n) is 5.85. The Morgan fingerprint density at radius 3 is 1.52 bits per heavy atom. The van der Waals surface area contributed by atoms with Gasteiger partial charge in [-0.1, -0.05) is 32.9 Å². The Morgan fingerprint density at radius 2 is 1.24 bits per heavy atom. The molecule has 2 nitrogen and oxygen atoms in total. The lowest BCUT2D eigenvalue weighted by Gasteiger charge is -2.44. The van der Waals surface area contributed by atoms with Crippen LogP contribution < -0.4 is 5.32 Å². The van der Waals surface area contributed by atoms with E-state index in [0.717, 1.165) is 12.1 Å². The van der Waals surface area contributed by atoms with Gasteiger partial charge in [-0.25, -0.2) is 0 Å². The minimum atomic E-state index is -5.63. The maximum Gasteiger partial charge on any atom is 0.429 e. The molecule has 0 heterocycles. The third kappa shape index (κ3) is 3.97. The fourth-order valence-corrected chi connectivity index (χ4v) is 5.76. The van der Waals surface area contributed by atoms with Crippen LogP contribution in [0.15, 0.2) is 24.3 Å². The van der Waals surface area contributed by atoms with Gasteiger partial charge >= 0.3 is 12.4 Å². The third-order valence-electron chi connectivity index (χ3n) is 4.68. The van der Waals surface area contributed by atoms with E-state index in [1.54, 1.807) is 20.8 Å². The lowest BCUT2D eigenvalue weighted by molar-refractivity contribution is -0.369. The molecule has 0 aliphatic rings. The first-order valence-electron chi connectivity index (χ1n) is 8.05. The highest BCUT2D eigenvalue weighted by Crippen LogP contribution is 2.55. The molecule has 144 valence electrons. The van der Waals surface area contributed by atoms with Gasteiger partial charge in [0.1, 0.15) is 0 Å². The number of anilines is 1. The van der Waals surface area contributed by atoms with Crippen molar-refractivity contribution in [3.8, 4) is 0 Å². The van der Waals surface area contributed by atoms with Crippen molar-refractivity contribution in [1.82, 2.24) is 0 Å². The molecule has 25 heavy (non-hydrogen) atoms. The van der Waals surface area contributed by atoms with Crippen molar-refractivity contribution in [3.63, 3.8) is 0 Å². The maximum absolute atomic E-state index is 13.8. The highest BCUT2D eigenvalue weighted by molar-refractivity contribution is 6.73. The maximum atomic E-state index is 13.8. The average molecular weight is 387 g/mol. The Bertz CT molecular complexity index is 529. The Kier molecular flexibility index (Phi) is 6.61. The first kappa shape index (κ1) is 21.8. The summed E-state index contributed by atoms with van der Waals surface area (Å²) in [5.41, 5.74) is -4.86. The molecule has 0 radical (unpaired) electrons. The fraction of sp³-hybridized carbons (Fsp3) is 0.625. The van der Waals surface area contributed by atoms with Gasteiger partial charge in [0.15, 0.2) is 8.32 Å². The van der Waals surface area contributed by atoms with Gasteiger partial charge in [-0.2, -0.15) is 26.3 Å². The van der Waals surface area contributed by atoms with Crippen LogP contribution in [0.4, 0.5) is 32.0 Å². The first-order chi connectivity index (χ1) is 11.4. The summed E-state index contributed by atoms with van der Waals surface area (Å²) in [4.78, 5) is 0. The number of alkyl halides is 6. The molecule has 0 aromatic heterocycles. The Balaban J connectivity index is 3.69. The Labute approximate surface area is 144 Å². The van der Waals surface area contributed by atoms with E-state index in [4.69, 9.17) is 4.43 Å². The standard InChI is InChI=1S/C16H23F6NOSi/c1-5-25(6-2,7-3)24-14(15(17,18)19,16(20,21)22)12-8-10-13(23-4)11-9-12/h8-11,23H,5-7H2,1-4H3. The zero-order chi connectivity index (χ0) is 19.5. The van der Waals surface area contributed by atoms with Crippen LogP contribution in [0.2, 0.25) is 18.1 Å². The smallest absolute Gasteiger partial charge is 0.393 e. The molecule has 1 N–H and O–H groups in total. The number of rotatable bonds is 7. The Morgan fingerprint density at radius 1 is 0.840 bits per heavy atom. The van der Waals surface area contributed by atoms with Crippen LogP contribution in [-0.4, -0.2) is 27.7 Å². The fourth-order valence-electron chi connectivity index (χ4n) is 2.83. The van der Waals surface area contributed by atoms with Gasteiger partial charge < -0.3 is 9.74 Å². The summed E-state index contributed by atoms with van der Waals surface area (Å²) in [6.45, 7) is 4.75. The predicted molar refractivity (Wildman–Crippen MR) is 88.1 cm³/mol. The molecule has 0 bridgehead atoms. The summed E-state index contributed by atoms with van der Waals surface area (Å²) in [5, 5.41) is 2.67. The summed E-state index contributed by atoms with van der Waals surface area (Å²) in [6.07, 6.45) is -11.3. The summed E-state index contributed by atoms with van der Waals surface area (Å²) in [7, 11) is -1.71. The number of benzene rings is 1. The van der Waals surface area contributed by atoms with Crippen LogP contribution in [-0.2, 0) is 10.0 Å². The van der Waals surface area contributed by atoms with Crippen molar-refractivity contribution in [3.05, 3.63) is 29.8 Å². The van der Waals surface area contributed by atoms with Gasteiger partial charge in [0.05, 0.1) is 0 Å². The molecule has 0 spiro atoms. The van der Waals surface area contributed by atoms with Crippen molar-refractivity contribution in [2.24, 2.45) is 0 Å². The van der Waals surface area contributed by atoms with E-state index in [1.807, 2.05) is 0 Å². The predicted octanol–water partition coefficient (Wildman–Crippen LogP) is 6.07. The van der Waals surface area contributed by atoms with Crippen LogP contribution in [0.25, 0.3) is 0 Å². The molecule has 0 saturated carbocycles. The van der Waals surface area contributed by atoms with Gasteiger partial charge in [-0.3, -0.25) is 0 Å². The third-order valence-corrected chi connectivity index (χ3v) is 9.29. The number of nitrogens with one attached hydrogen (secondary N) is 1. The average Bonchev–Trinajstić information content (AvgIpc) is 2.55. The first-order valence-corrected chi connectivity index (χ1v) is 10.6. The van der Waals surface area contributed by atoms with Crippen molar-refractivity contribution < 1.29 is 30.8 Å². The lowest BCUT2D eigenvalue weighted by atomic mass is 9.92. The van der Waals surface area contributed by atoms with E-state index >= 15 is 0 Å². The molecule has 9 heteroatoms. The van der Waals surface area contributed by atoms with Gasteiger partial charge in [0.25, 0.3) is 5.60 Å². The summed E-state index contributed by atoms with van der Waals surface area (Å²) in [6, 6.07) is 4.52. The second-order valence-corrected chi connectivity index (χ2v) is 10.5. The quantitative estimate of drug-likeness (QED) is 0.453. The molecule has 0 amide bonds. The van der Waals surface area contributed by atoms with Crippen molar-refractivity contribution >= 4 is 14.0 Å². The molecule has 0 atom stereocenters. The minimum Gasteiger partial charge on any atom is -0.393 e. The van der Waals surface area contributed by atoms with Gasteiger partial charge in [0.2, 0.25) is 0 Å². The monoisotopic (exact) mass is 387 g/mol.